The zero-order valence-electron chi connectivity index (χ0n) is 7.39. The Kier molecular flexibility index (Phi) is 2.25. The number of hydrogen-bond donors (Lipinski definition) is 1. The van der Waals surface area contributed by atoms with Crippen molar-refractivity contribution in [1.29, 1.82) is 0 Å². The minimum Gasteiger partial charge on any atom is -0.275 e. The maximum atomic E-state index is 5.56. The van der Waals surface area contributed by atoms with Crippen LogP contribution in [0.15, 0.2) is 12.1 Å². The number of nitrogens with zero attached hydrogens (tertiary/aromatic N) is 1. The summed E-state index contributed by atoms with van der Waals surface area (Å²) in [6.45, 7) is 6.82. The van der Waals surface area contributed by atoms with E-state index in [-0.39, 0.29) is 0 Å². The van der Waals surface area contributed by atoms with Gasteiger partial charge in [0.05, 0.1) is 0 Å². The van der Waals surface area contributed by atoms with Crippen LogP contribution >= 0.6 is 0 Å². The zero-order chi connectivity index (χ0) is 8.43. The highest BCUT2D eigenvalue weighted by molar-refractivity contribution is 5.13. The van der Waals surface area contributed by atoms with Crippen LogP contribution in [-0.2, 0) is 6.67 Å². The molecular weight excluding hydrogens is 136 g/mol. The molecule has 0 unspecified atom stereocenters. The Balaban J connectivity index is 3.25. The molecule has 0 aliphatic heterocycles. The van der Waals surface area contributed by atoms with Gasteiger partial charge in [-0.2, -0.15) is 4.57 Å². The van der Waals surface area contributed by atoms with Crippen molar-refractivity contribution in [3.63, 3.8) is 0 Å². The third-order valence-electron chi connectivity index (χ3n) is 1.91. The molecule has 0 radical (unpaired) electrons. The first kappa shape index (κ1) is 8.21. The van der Waals surface area contributed by atoms with Crippen LogP contribution in [0.1, 0.15) is 17.0 Å². The van der Waals surface area contributed by atoms with E-state index in [1.54, 1.807) is 0 Å². The summed E-state index contributed by atoms with van der Waals surface area (Å²) >= 11 is 0. The average molecular weight is 151 g/mol. The Labute approximate surface area is 67.7 Å². The lowest BCUT2D eigenvalue weighted by molar-refractivity contribution is -0.707. The highest BCUT2D eigenvalue weighted by Crippen LogP contribution is 2.00. The van der Waals surface area contributed by atoms with Gasteiger partial charge in [0, 0.05) is 26.0 Å². The summed E-state index contributed by atoms with van der Waals surface area (Å²) in [4.78, 5) is 0. The van der Waals surface area contributed by atoms with Gasteiger partial charge < -0.3 is 0 Å². The predicted molar refractivity (Wildman–Crippen MR) is 45.0 cm³/mol. The molecule has 1 aromatic heterocycles. The van der Waals surface area contributed by atoms with Crippen LogP contribution < -0.4 is 10.3 Å². The van der Waals surface area contributed by atoms with E-state index < -0.39 is 0 Å². The lowest BCUT2D eigenvalue weighted by atomic mass is 10.2. The summed E-state index contributed by atoms with van der Waals surface area (Å²) < 4.78 is 2.09. The molecule has 2 N–H and O–H groups in total. The number of nitrogens with two attached hydrogens (primary N) is 1. The maximum Gasteiger partial charge on any atom is 0.200 e. The molecule has 60 valence electrons. The summed E-state index contributed by atoms with van der Waals surface area (Å²) in [6.07, 6.45) is 0. The summed E-state index contributed by atoms with van der Waals surface area (Å²) in [5.41, 5.74) is 9.31. The molecule has 0 atom stereocenters. The van der Waals surface area contributed by atoms with Crippen molar-refractivity contribution >= 4 is 0 Å². The molecule has 0 saturated heterocycles. The van der Waals surface area contributed by atoms with Crippen LogP contribution in [-0.4, -0.2) is 0 Å². The van der Waals surface area contributed by atoms with E-state index in [1.807, 2.05) is 0 Å². The first-order chi connectivity index (χ1) is 5.15. The molecule has 1 rings (SSSR count). The van der Waals surface area contributed by atoms with Crippen LogP contribution in [0.25, 0.3) is 0 Å². The average Bonchev–Trinajstić information content (AvgIpc) is 1.85. The monoisotopic (exact) mass is 151 g/mol. The summed E-state index contributed by atoms with van der Waals surface area (Å²) in [7, 11) is 0. The van der Waals surface area contributed by atoms with E-state index in [1.165, 1.54) is 17.0 Å². The third kappa shape index (κ3) is 1.57. The van der Waals surface area contributed by atoms with Crippen LogP contribution in [0, 0.1) is 20.8 Å². The quantitative estimate of drug-likeness (QED) is 0.592. The van der Waals surface area contributed by atoms with E-state index in [2.05, 4.69) is 37.5 Å². The Morgan fingerprint density at radius 3 is 2.00 bits per heavy atom. The fraction of sp³-hybridized carbons (Fsp3) is 0.444. The van der Waals surface area contributed by atoms with Gasteiger partial charge in [-0.3, -0.25) is 5.73 Å². The van der Waals surface area contributed by atoms with Crippen molar-refractivity contribution in [2.24, 2.45) is 5.73 Å². The van der Waals surface area contributed by atoms with Crippen LogP contribution in [0.3, 0.4) is 0 Å². The molecule has 0 fully saturated rings. The zero-order valence-corrected chi connectivity index (χ0v) is 7.39. The molecule has 0 aliphatic carbocycles. The fourth-order valence-corrected chi connectivity index (χ4v) is 1.42. The Hall–Kier alpha value is -0.890. The van der Waals surface area contributed by atoms with Gasteiger partial charge in [-0.1, -0.05) is 0 Å². The van der Waals surface area contributed by atoms with Crippen LogP contribution in [0.4, 0.5) is 0 Å². The molecule has 0 saturated carbocycles. The molecule has 0 aromatic carbocycles. The molecule has 0 aliphatic rings. The van der Waals surface area contributed by atoms with Crippen molar-refractivity contribution in [3.05, 3.63) is 29.1 Å². The number of rotatable bonds is 1. The van der Waals surface area contributed by atoms with Crippen LogP contribution in [0.5, 0.6) is 0 Å². The minimum atomic E-state index is 0.567. The first-order valence-electron chi connectivity index (χ1n) is 3.83. The predicted octanol–water partition coefficient (Wildman–Crippen LogP) is 0.816. The summed E-state index contributed by atoms with van der Waals surface area (Å²) in [5, 5.41) is 0. The second kappa shape index (κ2) is 3.01. The van der Waals surface area contributed by atoms with Gasteiger partial charge >= 0.3 is 0 Å². The van der Waals surface area contributed by atoms with Crippen molar-refractivity contribution < 1.29 is 4.57 Å². The highest BCUT2D eigenvalue weighted by Gasteiger charge is 2.07. The van der Waals surface area contributed by atoms with Gasteiger partial charge in [0.1, 0.15) is 0 Å². The Morgan fingerprint density at radius 1 is 1.18 bits per heavy atom. The van der Waals surface area contributed by atoms with Gasteiger partial charge in [0.15, 0.2) is 18.1 Å². The third-order valence-corrected chi connectivity index (χ3v) is 1.91. The van der Waals surface area contributed by atoms with Crippen molar-refractivity contribution in [3.8, 4) is 0 Å². The molecule has 2 heteroatoms. The number of hydrogen-bond acceptors (Lipinski definition) is 1. The molecular formula is C9H15N2+. The molecule has 0 amide bonds. The van der Waals surface area contributed by atoms with Crippen molar-refractivity contribution in [1.82, 2.24) is 0 Å². The second-order valence-corrected chi connectivity index (χ2v) is 2.93. The normalized spacial score (nSPS) is 10.2. The highest BCUT2D eigenvalue weighted by atomic mass is 15.0. The summed E-state index contributed by atoms with van der Waals surface area (Å²) in [5.74, 6) is 0. The molecule has 0 spiro atoms. The van der Waals surface area contributed by atoms with Gasteiger partial charge in [-0.25, -0.2) is 0 Å². The Morgan fingerprint density at radius 2 is 1.64 bits per heavy atom. The molecule has 1 aromatic rings. The number of aromatic nitrogens is 1. The lowest BCUT2D eigenvalue weighted by Crippen LogP contribution is -2.44. The molecule has 0 bridgehead atoms. The first-order valence-corrected chi connectivity index (χ1v) is 3.83. The largest absolute Gasteiger partial charge is 0.275 e. The topological polar surface area (TPSA) is 29.9 Å². The van der Waals surface area contributed by atoms with E-state index in [4.69, 9.17) is 5.73 Å². The van der Waals surface area contributed by atoms with Crippen molar-refractivity contribution in [2.75, 3.05) is 0 Å². The SMILES string of the molecule is Cc1cc(C)[n+](CN)c(C)c1. The fourth-order valence-electron chi connectivity index (χ4n) is 1.42. The second-order valence-electron chi connectivity index (χ2n) is 2.93. The van der Waals surface area contributed by atoms with E-state index in [0.29, 0.717) is 6.67 Å². The number of pyridine rings is 1. The van der Waals surface area contributed by atoms with Gasteiger partial charge in [-0.15, -0.1) is 0 Å². The maximum absolute atomic E-state index is 5.56. The van der Waals surface area contributed by atoms with Gasteiger partial charge in [0.2, 0.25) is 0 Å². The molecule has 11 heavy (non-hydrogen) atoms. The van der Waals surface area contributed by atoms with E-state index in [0.717, 1.165) is 0 Å². The smallest absolute Gasteiger partial charge is 0.200 e. The van der Waals surface area contributed by atoms with E-state index in [9.17, 15) is 0 Å². The molecule has 2 nitrogen and oxygen atoms in total. The summed E-state index contributed by atoms with van der Waals surface area (Å²) in [6, 6.07) is 4.28. The lowest BCUT2D eigenvalue weighted by Gasteiger charge is -2.01. The minimum absolute atomic E-state index is 0.567. The van der Waals surface area contributed by atoms with Gasteiger partial charge in [0.25, 0.3) is 0 Å². The standard InChI is InChI=1S/C9H15N2/c1-7-4-8(2)11(6-10)9(3)5-7/h4-5H,6,10H2,1-3H3/q+1. The van der Waals surface area contributed by atoms with E-state index >= 15 is 0 Å². The van der Waals surface area contributed by atoms with Gasteiger partial charge in [-0.05, 0) is 12.5 Å². The van der Waals surface area contributed by atoms with Crippen LogP contribution in [0.2, 0.25) is 0 Å². The van der Waals surface area contributed by atoms with Crippen molar-refractivity contribution in [2.45, 2.75) is 27.4 Å². The Bertz CT molecular complexity index is 243. The number of aryl methyl sites for hydroxylation is 3. The molecule has 1 heterocycles.